The second-order valence-corrected chi connectivity index (χ2v) is 9.38. The van der Waals surface area contributed by atoms with Crippen LogP contribution in [-0.2, 0) is 16.4 Å². The molecular weight excluding hydrogens is 394 g/mol. The number of nitrogens with one attached hydrogen (secondary N) is 1. The second-order valence-electron chi connectivity index (χ2n) is 6.38. The van der Waals surface area contributed by atoms with E-state index >= 15 is 0 Å². The van der Waals surface area contributed by atoms with Crippen LogP contribution in [0, 0.1) is 13.8 Å². The zero-order chi connectivity index (χ0) is 19.8. The van der Waals surface area contributed by atoms with Crippen LogP contribution in [0.25, 0.3) is 6.08 Å². The van der Waals surface area contributed by atoms with Crippen molar-refractivity contribution >= 4 is 27.4 Å². The summed E-state index contributed by atoms with van der Waals surface area (Å²) in [6, 6.07) is 4.16. The molecule has 0 radical (unpaired) electrons. The molecule has 1 atom stereocenters. The van der Waals surface area contributed by atoms with E-state index in [0.717, 1.165) is 21.1 Å². The molecule has 146 valence electrons. The van der Waals surface area contributed by atoms with Crippen molar-refractivity contribution in [1.82, 2.24) is 9.71 Å². The van der Waals surface area contributed by atoms with Crippen LogP contribution >= 0.6 is 11.3 Å². The molecule has 5 nitrogen and oxygen atoms in total. The molecule has 0 bridgehead atoms. The number of allylic oxidation sites excluding steroid dienone is 1. The number of fused-ring (bicyclic) bond motifs is 1. The highest BCUT2D eigenvalue weighted by Gasteiger charge is 2.26. The number of sulfonamides is 1. The Morgan fingerprint density at radius 1 is 1.26 bits per heavy atom. The van der Waals surface area contributed by atoms with Crippen LogP contribution in [0.4, 0.5) is 8.78 Å². The number of rotatable bonds is 6. The number of aryl methyl sites for hydroxylation is 3. The summed E-state index contributed by atoms with van der Waals surface area (Å²) in [6.07, 6.45) is 2.33. The highest BCUT2D eigenvalue weighted by molar-refractivity contribution is 7.93. The Balaban J connectivity index is 1.81. The lowest BCUT2D eigenvalue weighted by Crippen LogP contribution is -2.28. The summed E-state index contributed by atoms with van der Waals surface area (Å²) in [5.41, 5.74) is 2.30. The quantitative estimate of drug-likeness (QED) is 0.764. The molecule has 0 aliphatic heterocycles. The molecule has 1 unspecified atom stereocenters. The van der Waals surface area contributed by atoms with Gasteiger partial charge in [-0.05, 0) is 62.9 Å². The zero-order valence-electron chi connectivity index (χ0n) is 15.1. The predicted octanol–water partition coefficient (Wildman–Crippen LogP) is 4.33. The van der Waals surface area contributed by atoms with Gasteiger partial charge in [0.15, 0.2) is 0 Å². The Hall–Kier alpha value is -1.84. The van der Waals surface area contributed by atoms with E-state index in [-0.39, 0.29) is 16.7 Å². The van der Waals surface area contributed by atoms with E-state index < -0.39 is 16.6 Å². The minimum absolute atomic E-state index is 0.0752. The van der Waals surface area contributed by atoms with Crippen LogP contribution in [0.3, 0.4) is 0 Å². The smallest absolute Gasteiger partial charge is 0.387 e. The number of alkyl halides is 2. The molecule has 0 amide bonds. The number of halogens is 2. The molecule has 0 saturated heterocycles. The van der Waals surface area contributed by atoms with Gasteiger partial charge in [0, 0.05) is 4.88 Å². The second kappa shape index (κ2) is 7.65. The van der Waals surface area contributed by atoms with Gasteiger partial charge in [0.1, 0.15) is 5.75 Å². The van der Waals surface area contributed by atoms with Gasteiger partial charge in [-0.3, -0.25) is 0 Å². The van der Waals surface area contributed by atoms with Gasteiger partial charge < -0.3 is 4.74 Å². The molecule has 1 N–H and O–H groups in total. The van der Waals surface area contributed by atoms with Crippen molar-refractivity contribution in [2.45, 2.75) is 46.3 Å². The van der Waals surface area contributed by atoms with E-state index in [4.69, 9.17) is 0 Å². The number of hydrogen-bond acceptors (Lipinski definition) is 5. The molecule has 1 aliphatic rings. The van der Waals surface area contributed by atoms with Crippen LogP contribution in [0.1, 0.15) is 46.1 Å². The molecule has 0 saturated carbocycles. The fourth-order valence-electron chi connectivity index (χ4n) is 3.14. The van der Waals surface area contributed by atoms with Gasteiger partial charge in [0.05, 0.1) is 21.6 Å². The summed E-state index contributed by atoms with van der Waals surface area (Å²) in [5.74, 6) is 0.0752. The predicted molar refractivity (Wildman–Crippen MR) is 101 cm³/mol. The van der Waals surface area contributed by atoms with Gasteiger partial charge in [0.25, 0.3) is 0 Å². The lowest BCUT2D eigenvalue weighted by atomic mass is 9.97. The summed E-state index contributed by atoms with van der Waals surface area (Å²) in [6.45, 7) is 2.65. The number of hydrogen-bond donors (Lipinski definition) is 1. The monoisotopic (exact) mass is 414 g/mol. The van der Waals surface area contributed by atoms with E-state index in [2.05, 4.69) is 14.4 Å². The van der Waals surface area contributed by atoms with Crippen LogP contribution in [0.15, 0.2) is 23.1 Å². The Morgan fingerprint density at radius 2 is 2.00 bits per heavy atom. The Kier molecular flexibility index (Phi) is 5.64. The SMILES string of the molecule is Cc1nc(C)c(C(C)NS(=O)(=O)C2=Cc3ccc(OC(F)F)cc3CC2)s1. The molecule has 3 rings (SSSR count). The molecule has 1 aliphatic carbocycles. The van der Waals surface area contributed by atoms with Crippen molar-refractivity contribution < 1.29 is 21.9 Å². The van der Waals surface area contributed by atoms with Crippen LogP contribution < -0.4 is 9.46 Å². The van der Waals surface area contributed by atoms with E-state index in [1.54, 1.807) is 19.1 Å². The first-order valence-electron chi connectivity index (χ1n) is 8.40. The molecule has 1 aromatic carbocycles. The maximum absolute atomic E-state index is 12.8. The van der Waals surface area contributed by atoms with Gasteiger partial charge in [0.2, 0.25) is 10.0 Å². The molecule has 2 aromatic rings. The molecular formula is C18H20F2N2O3S2. The van der Waals surface area contributed by atoms with Gasteiger partial charge in [-0.1, -0.05) is 6.07 Å². The molecule has 27 heavy (non-hydrogen) atoms. The highest BCUT2D eigenvalue weighted by atomic mass is 32.2. The van der Waals surface area contributed by atoms with Crippen molar-refractivity contribution in [3.05, 3.63) is 49.8 Å². The van der Waals surface area contributed by atoms with Gasteiger partial charge in [-0.25, -0.2) is 18.1 Å². The van der Waals surface area contributed by atoms with Crippen molar-refractivity contribution in [2.24, 2.45) is 0 Å². The van der Waals surface area contributed by atoms with Gasteiger partial charge in [-0.15, -0.1) is 11.3 Å². The average Bonchev–Trinajstić information content (AvgIpc) is 2.92. The Morgan fingerprint density at radius 3 is 2.63 bits per heavy atom. The fourth-order valence-corrected chi connectivity index (χ4v) is 5.53. The van der Waals surface area contributed by atoms with E-state index in [1.807, 2.05) is 13.8 Å². The molecule has 9 heteroatoms. The Labute approximate surface area is 161 Å². The van der Waals surface area contributed by atoms with Crippen molar-refractivity contribution in [2.75, 3.05) is 0 Å². The van der Waals surface area contributed by atoms with E-state index in [0.29, 0.717) is 18.4 Å². The third kappa shape index (κ3) is 4.53. The summed E-state index contributed by atoms with van der Waals surface area (Å²) in [4.78, 5) is 5.51. The first kappa shape index (κ1) is 19.9. The van der Waals surface area contributed by atoms with Crippen LogP contribution in [-0.4, -0.2) is 20.0 Å². The average molecular weight is 414 g/mol. The maximum atomic E-state index is 12.8. The van der Waals surface area contributed by atoms with Crippen LogP contribution in [0.2, 0.25) is 0 Å². The van der Waals surface area contributed by atoms with Crippen molar-refractivity contribution in [3.8, 4) is 5.75 Å². The largest absolute Gasteiger partial charge is 0.435 e. The van der Waals surface area contributed by atoms with Gasteiger partial charge in [-0.2, -0.15) is 8.78 Å². The minimum Gasteiger partial charge on any atom is -0.435 e. The lowest BCUT2D eigenvalue weighted by Gasteiger charge is -2.20. The number of aromatic nitrogens is 1. The highest BCUT2D eigenvalue weighted by Crippen LogP contribution is 2.31. The summed E-state index contributed by atoms with van der Waals surface area (Å²) >= 11 is 1.47. The number of benzene rings is 1. The first-order valence-corrected chi connectivity index (χ1v) is 10.7. The third-order valence-corrected chi connectivity index (χ3v) is 7.24. The molecule has 0 spiro atoms. The first-order chi connectivity index (χ1) is 12.7. The van der Waals surface area contributed by atoms with Crippen molar-refractivity contribution in [3.63, 3.8) is 0 Å². The standard InChI is InChI=1S/C18H20F2N2O3S2/c1-10-17(26-12(3)21-10)11(2)22-27(23,24)16-7-5-13-8-15(25-18(19)20)6-4-14(13)9-16/h4,6,8-9,11,18,22H,5,7H2,1-3H3. The number of ether oxygens (including phenoxy) is 1. The number of nitrogens with zero attached hydrogens (tertiary/aromatic N) is 1. The topological polar surface area (TPSA) is 68.3 Å². The third-order valence-electron chi connectivity index (χ3n) is 4.31. The lowest BCUT2D eigenvalue weighted by molar-refractivity contribution is -0.0498. The maximum Gasteiger partial charge on any atom is 0.387 e. The minimum atomic E-state index is -3.67. The van der Waals surface area contributed by atoms with Gasteiger partial charge >= 0.3 is 6.61 Å². The molecule has 1 aromatic heterocycles. The van der Waals surface area contributed by atoms with Crippen molar-refractivity contribution in [1.29, 1.82) is 0 Å². The van der Waals surface area contributed by atoms with E-state index in [1.165, 1.54) is 23.5 Å². The Bertz CT molecular complexity index is 984. The fraction of sp³-hybridized carbons (Fsp3) is 0.389. The van der Waals surface area contributed by atoms with E-state index in [9.17, 15) is 17.2 Å². The zero-order valence-corrected chi connectivity index (χ0v) is 16.8. The summed E-state index contributed by atoms with van der Waals surface area (Å²) in [7, 11) is -3.67. The summed E-state index contributed by atoms with van der Waals surface area (Å²) in [5, 5.41) is 0.890. The molecule has 0 fully saturated rings. The molecule has 1 heterocycles. The summed E-state index contributed by atoms with van der Waals surface area (Å²) < 4.78 is 57.4. The number of thiazole rings is 1. The normalized spacial score (nSPS) is 15.4. The van der Waals surface area contributed by atoms with Crippen LogP contribution in [0.5, 0.6) is 5.75 Å².